The van der Waals surface area contributed by atoms with Gasteiger partial charge >= 0.3 is 0 Å². The van der Waals surface area contributed by atoms with Gasteiger partial charge in [-0.1, -0.05) is 12.8 Å². The molecule has 0 aromatic heterocycles. The largest absolute Gasteiger partial charge is 0.370 e. The first-order valence-corrected chi connectivity index (χ1v) is 6.80. The van der Waals surface area contributed by atoms with Crippen molar-refractivity contribution in [3.63, 3.8) is 0 Å². The number of aliphatic hydroxyl groups is 1. The van der Waals surface area contributed by atoms with Crippen LogP contribution in [0.3, 0.4) is 0 Å². The molecule has 0 aliphatic carbocycles. The van der Waals surface area contributed by atoms with E-state index in [9.17, 15) is 19.5 Å². The van der Waals surface area contributed by atoms with Crippen molar-refractivity contribution in [2.45, 2.75) is 31.9 Å². The Kier molecular flexibility index (Phi) is 4.68. The minimum atomic E-state index is -0.798. The lowest BCUT2D eigenvalue weighted by Gasteiger charge is -2.20. The Morgan fingerprint density at radius 2 is 1.45 bits per heavy atom. The molecule has 20 heavy (non-hydrogen) atoms. The van der Waals surface area contributed by atoms with Gasteiger partial charge in [0.25, 0.3) is 11.8 Å². The zero-order chi connectivity index (χ0) is 14.5. The average molecular weight is 278 g/mol. The SMILES string of the molecule is O=C1C=CC(=O)N1CCCCCCN1C(=O)C=CC1O. The number of aliphatic hydroxyl groups excluding tert-OH is 1. The van der Waals surface area contributed by atoms with Gasteiger partial charge in [0.05, 0.1) is 0 Å². The molecule has 2 rings (SSSR count). The first kappa shape index (κ1) is 14.5. The molecular weight excluding hydrogens is 260 g/mol. The van der Waals surface area contributed by atoms with Crippen molar-refractivity contribution in [3.8, 4) is 0 Å². The standard InChI is InChI=1S/C14H18N2O4/c17-11-5-6-12(18)15(11)9-3-1-2-4-10-16-13(19)7-8-14(16)20/h5-8,11,17H,1-4,9-10H2. The highest BCUT2D eigenvalue weighted by Gasteiger charge is 2.23. The van der Waals surface area contributed by atoms with Crippen molar-refractivity contribution >= 4 is 17.7 Å². The van der Waals surface area contributed by atoms with Gasteiger partial charge in [-0.3, -0.25) is 19.3 Å². The van der Waals surface area contributed by atoms with Gasteiger partial charge in [-0.2, -0.15) is 0 Å². The molecule has 1 unspecified atom stereocenters. The van der Waals surface area contributed by atoms with Crippen LogP contribution in [0.2, 0.25) is 0 Å². The van der Waals surface area contributed by atoms with Gasteiger partial charge in [0, 0.05) is 31.3 Å². The number of imide groups is 1. The molecule has 6 nitrogen and oxygen atoms in total. The fraction of sp³-hybridized carbons (Fsp3) is 0.500. The fourth-order valence-electron chi connectivity index (χ4n) is 2.30. The van der Waals surface area contributed by atoms with Gasteiger partial charge in [-0.15, -0.1) is 0 Å². The highest BCUT2D eigenvalue weighted by molar-refractivity contribution is 6.12. The third kappa shape index (κ3) is 3.33. The summed E-state index contributed by atoms with van der Waals surface area (Å²) in [5, 5.41) is 9.49. The molecule has 0 spiro atoms. The smallest absolute Gasteiger partial charge is 0.253 e. The van der Waals surface area contributed by atoms with Gasteiger partial charge in [0.2, 0.25) is 5.91 Å². The van der Waals surface area contributed by atoms with Gasteiger partial charge in [0.15, 0.2) is 0 Å². The van der Waals surface area contributed by atoms with E-state index in [2.05, 4.69) is 0 Å². The Labute approximate surface area is 117 Å². The predicted molar refractivity (Wildman–Crippen MR) is 71.2 cm³/mol. The Morgan fingerprint density at radius 3 is 2.00 bits per heavy atom. The monoisotopic (exact) mass is 278 g/mol. The molecule has 2 heterocycles. The van der Waals surface area contributed by atoms with Gasteiger partial charge in [-0.25, -0.2) is 0 Å². The Balaban J connectivity index is 1.55. The summed E-state index contributed by atoms with van der Waals surface area (Å²) in [6.45, 7) is 0.966. The van der Waals surface area contributed by atoms with Crippen LogP contribution in [-0.2, 0) is 14.4 Å². The van der Waals surface area contributed by atoms with E-state index in [1.54, 1.807) is 0 Å². The average Bonchev–Trinajstić information content (AvgIpc) is 2.90. The first-order valence-electron chi connectivity index (χ1n) is 6.80. The molecule has 108 valence electrons. The van der Waals surface area contributed by atoms with Crippen LogP contribution in [-0.4, -0.2) is 51.9 Å². The summed E-state index contributed by atoms with van der Waals surface area (Å²) in [6.07, 6.45) is 7.95. The number of carbonyl (C=O) groups is 3. The van der Waals surface area contributed by atoms with Crippen molar-refractivity contribution in [2.75, 3.05) is 13.1 Å². The highest BCUT2D eigenvalue weighted by atomic mass is 16.3. The van der Waals surface area contributed by atoms with Crippen LogP contribution >= 0.6 is 0 Å². The van der Waals surface area contributed by atoms with E-state index in [1.165, 1.54) is 34.1 Å². The Bertz CT molecular complexity index is 452. The lowest BCUT2D eigenvalue weighted by Crippen LogP contribution is -2.34. The van der Waals surface area contributed by atoms with Crippen molar-refractivity contribution in [2.24, 2.45) is 0 Å². The number of unbranched alkanes of at least 4 members (excludes halogenated alkanes) is 3. The normalized spacial score (nSPS) is 21.6. The molecule has 3 amide bonds. The summed E-state index contributed by atoms with van der Waals surface area (Å²) in [6, 6.07) is 0. The molecule has 0 saturated heterocycles. The second-order valence-electron chi connectivity index (χ2n) is 4.88. The molecule has 1 N–H and O–H groups in total. The highest BCUT2D eigenvalue weighted by Crippen LogP contribution is 2.12. The summed E-state index contributed by atoms with van der Waals surface area (Å²) < 4.78 is 0. The third-order valence-electron chi connectivity index (χ3n) is 3.44. The number of amides is 3. The number of rotatable bonds is 7. The van der Waals surface area contributed by atoms with Crippen LogP contribution in [0.5, 0.6) is 0 Å². The van der Waals surface area contributed by atoms with Crippen molar-refractivity contribution < 1.29 is 19.5 Å². The lowest BCUT2D eigenvalue weighted by molar-refractivity contribution is -0.137. The van der Waals surface area contributed by atoms with Gasteiger partial charge in [-0.05, 0) is 18.9 Å². The van der Waals surface area contributed by atoms with Crippen LogP contribution in [0.1, 0.15) is 25.7 Å². The van der Waals surface area contributed by atoms with Crippen LogP contribution in [0.4, 0.5) is 0 Å². The maximum Gasteiger partial charge on any atom is 0.253 e. The Morgan fingerprint density at radius 1 is 0.850 bits per heavy atom. The van der Waals surface area contributed by atoms with Crippen molar-refractivity contribution in [1.29, 1.82) is 0 Å². The summed E-state index contributed by atoms with van der Waals surface area (Å²) in [7, 11) is 0. The number of nitrogens with zero attached hydrogens (tertiary/aromatic N) is 2. The second-order valence-corrected chi connectivity index (χ2v) is 4.88. The third-order valence-corrected chi connectivity index (χ3v) is 3.44. The van der Waals surface area contributed by atoms with Crippen molar-refractivity contribution in [1.82, 2.24) is 9.80 Å². The second kappa shape index (κ2) is 6.47. The minimum absolute atomic E-state index is 0.156. The molecule has 0 fully saturated rings. The number of hydrogen-bond donors (Lipinski definition) is 1. The van der Waals surface area contributed by atoms with Gasteiger partial charge in [0.1, 0.15) is 6.23 Å². The maximum absolute atomic E-state index is 11.3. The summed E-state index contributed by atoms with van der Waals surface area (Å²) in [4.78, 5) is 36.6. The molecule has 0 bridgehead atoms. The van der Waals surface area contributed by atoms with Crippen LogP contribution in [0, 0.1) is 0 Å². The quantitative estimate of drug-likeness (QED) is 0.532. The van der Waals surface area contributed by atoms with E-state index in [1.807, 2.05) is 0 Å². The molecule has 1 atom stereocenters. The molecule has 2 aliphatic heterocycles. The van der Waals surface area contributed by atoms with E-state index in [0.29, 0.717) is 13.1 Å². The zero-order valence-corrected chi connectivity index (χ0v) is 11.2. The zero-order valence-electron chi connectivity index (χ0n) is 11.2. The van der Waals surface area contributed by atoms with E-state index >= 15 is 0 Å². The van der Waals surface area contributed by atoms with Crippen LogP contribution in [0.25, 0.3) is 0 Å². The fourth-order valence-corrected chi connectivity index (χ4v) is 2.30. The predicted octanol–water partition coefficient (Wildman–Crippen LogP) is 0.189. The molecule has 0 radical (unpaired) electrons. The summed E-state index contributed by atoms with van der Waals surface area (Å²) >= 11 is 0. The molecule has 0 aromatic rings. The van der Waals surface area contributed by atoms with Crippen LogP contribution < -0.4 is 0 Å². The number of carbonyl (C=O) groups excluding carboxylic acids is 3. The van der Waals surface area contributed by atoms with Crippen molar-refractivity contribution in [3.05, 3.63) is 24.3 Å². The van der Waals surface area contributed by atoms with E-state index in [-0.39, 0.29) is 17.7 Å². The lowest BCUT2D eigenvalue weighted by atomic mass is 10.2. The van der Waals surface area contributed by atoms with E-state index in [4.69, 9.17) is 0 Å². The first-order chi connectivity index (χ1) is 9.59. The van der Waals surface area contributed by atoms with E-state index < -0.39 is 6.23 Å². The summed E-state index contributed by atoms with van der Waals surface area (Å²) in [5.41, 5.74) is 0. The molecular formula is C14H18N2O4. The number of hydrogen-bond acceptors (Lipinski definition) is 4. The molecule has 0 aromatic carbocycles. The molecule has 2 aliphatic rings. The van der Waals surface area contributed by atoms with Crippen LogP contribution in [0.15, 0.2) is 24.3 Å². The maximum atomic E-state index is 11.3. The molecule has 0 saturated carbocycles. The van der Waals surface area contributed by atoms with E-state index in [0.717, 1.165) is 25.7 Å². The summed E-state index contributed by atoms with van der Waals surface area (Å²) in [5.74, 6) is -0.643. The molecule has 6 heteroatoms. The topological polar surface area (TPSA) is 77.9 Å². The van der Waals surface area contributed by atoms with Gasteiger partial charge < -0.3 is 10.0 Å². The Hall–Kier alpha value is -1.95. The minimum Gasteiger partial charge on any atom is -0.370 e.